The van der Waals surface area contributed by atoms with Crippen molar-refractivity contribution < 1.29 is 0 Å². The van der Waals surface area contributed by atoms with Crippen LogP contribution in [0.15, 0.2) is 42.5 Å². The average Bonchev–Trinajstić information content (AvgIpc) is 2.48. The van der Waals surface area contributed by atoms with Crippen molar-refractivity contribution in [3.05, 3.63) is 67.7 Å². The first-order valence-electron chi connectivity index (χ1n) is 7.34. The van der Waals surface area contributed by atoms with Gasteiger partial charge in [-0.15, -0.1) is 0 Å². The highest BCUT2D eigenvalue weighted by atomic mass is 127. The second kappa shape index (κ2) is 8.16. The van der Waals surface area contributed by atoms with Crippen LogP contribution in [0.2, 0.25) is 5.02 Å². The monoisotopic (exact) mass is 413 g/mol. The van der Waals surface area contributed by atoms with E-state index in [4.69, 9.17) is 11.6 Å². The van der Waals surface area contributed by atoms with Crippen LogP contribution < -0.4 is 5.32 Å². The average molecular weight is 414 g/mol. The van der Waals surface area contributed by atoms with E-state index in [0.717, 1.165) is 30.0 Å². The van der Waals surface area contributed by atoms with Crippen molar-refractivity contribution in [2.45, 2.75) is 32.7 Å². The van der Waals surface area contributed by atoms with E-state index in [1.807, 2.05) is 6.92 Å². The van der Waals surface area contributed by atoms with Crippen LogP contribution >= 0.6 is 34.2 Å². The summed E-state index contributed by atoms with van der Waals surface area (Å²) in [5.41, 5.74) is 3.74. The van der Waals surface area contributed by atoms with E-state index in [0.29, 0.717) is 6.04 Å². The second-order valence-electron chi connectivity index (χ2n) is 5.35. The first-order valence-corrected chi connectivity index (χ1v) is 8.79. The molecular formula is C18H21ClIN. The van der Waals surface area contributed by atoms with Gasteiger partial charge in [0.25, 0.3) is 0 Å². The molecule has 0 bridgehead atoms. The smallest absolute Gasteiger partial charge is 0.0438 e. The zero-order chi connectivity index (χ0) is 15.2. The maximum Gasteiger partial charge on any atom is 0.0438 e. The lowest BCUT2D eigenvalue weighted by Crippen LogP contribution is -2.24. The first kappa shape index (κ1) is 16.8. The van der Waals surface area contributed by atoms with Gasteiger partial charge in [-0.1, -0.05) is 42.8 Å². The molecule has 0 aliphatic heterocycles. The quantitative estimate of drug-likeness (QED) is 0.613. The van der Waals surface area contributed by atoms with E-state index in [2.05, 4.69) is 77.3 Å². The molecular weight excluding hydrogens is 393 g/mol. The minimum atomic E-state index is 0.308. The molecule has 0 saturated heterocycles. The second-order valence-corrected chi connectivity index (χ2v) is 7.00. The van der Waals surface area contributed by atoms with E-state index >= 15 is 0 Å². The van der Waals surface area contributed by atoms with Crippen molar-refractivity contribution in [1.82, 2.24) is 5.32 Å². The zero-order valence-electron chi connectivity index (χ0n) is 12.5. The molecule has 0 heterocycles. The third kappa shape index (κ3) is 4.97. The number of benzene rings is 2. The summed E-state index contributed by atoms with van der Waals surface area (Å²) in [6, 6.07) is 15.4. The lowest BCUT2D eigenvalue weighted by atomic mass is 9.98. The standard InChI is InChI=1S/C18H21ClIN/c1-3-10-21-18(11-14-5-8-16(20)9-6-14)15-7-4-13(2)17(19)12-15/h4-9,12,18,21H,3,10-11H2,1-2H3. The highest BCUT2D eigenvalue weighted by Gasteiger charge is 2.12. The molecule has 1 atom stereocenters. The molecule has 0 amide bonds. The van der Waals surface area contributed by atoms with Gasteiger partial charge in [-0.25, -0.2) is 0 Å². The number of rotatable bonds is 6. The summed E-state index contributed by atoms with van der Waals surface area (Å²) in [6.07, 6.45) is 2.11. The van der Waals surface area contributed by atoms with Gasteiger partial charge in [-0.3, -0.25) is 0 Å². The van der Waals surface area contributed by atoms with Gasteiger partial charge in [0.05, 0.1) is 0 Å². The van der Waals surface area contributed by atoms with Gasteiger partial charge in [0.2, 0.25) is 0 Å². The van der Waals surface area contributed by atoms with Crippen LogP contribution in [0, 0.1) is 10.5 Å². The Balaban J connectivity index is 2.20. The van der Waals surface area contributed by atoms with Gasteiger partial charge < -0.3 is 5.32 Å². The Morgan fingerprint density at radius 1 is 1.14 bits per heavy atom. The zero-order valence-corrected chi connectivity index (χ0v) is 15.4. The van der Waals surface area contributed by atoms with Gasteiger partial charge in [0, 0.05) is 14.6 Å². The molecule has 0 spiro atoms. The molecule has 0 aliphatic carbocycles. The largest absolute Gasteiger partial charge is 0.310 e. The number of hydrogen-bond acceptors (Lipinski definition) is 1. The molecule has 21 heavy (non-hydrogen) atoms. The van der Waals surface area contributed by atoms with Crippen LogP contribution in [0.5, 0.6) is 0 Å². The van der Waals surface area contributed by atoms with Crippen LogP contribution in [0.25, 0.3) is 0 Å². The molecule has 0 fully saturated rings. The molecule has 1 unspecified atom stereocenters. The summed E-state index contributed by atoms with van der Waals surface area (Å²) in [5.74, 6) is 0. The summed E-state index contributed by atoms with van der Waals surface area (Å²) in [7, 11) is 0. The predicted molar refractivity (Wildman–Crippen MR) is 100 cm³/mol. The maximum atomic E-state index is 6.29. The summed E-state index contributed by atoms with van der Waals surface area (Å²) >= 11 is 8.63. The number of nitrogens with one attached hydrogen (secondary N) is 1. The van der Waals surface area contributed by atoms with Gasteiger partial charge in [0.1, 0.15) is 0 Å². The molecule has 2 aromatic carbocycles. The molecule has 112 valence electrons. The third-order valence-corrected chi connectivity index (χ3v) is 4.72. The highest BCUT2D eigenvalue weighted by Crippen LogP contribution is 2.24. The Hall–Kier alpha value is -0.580. The summed E-state index contributed by atoms with van der Waals surface area (Å²) in [4.78, 5) is 0. The Bertz CT molecular complexity index is 580. The summed E-state index contributed by atoms with van der Waals surface area (Å²) < 4.78 is 1.27. The highest BCUT2D eigenvalue weighted by molar-refractivity contribution is 14.1. The molecule has 3 heteroatoms. The van der Waals surface area contributed by atoms with Gasteiger partial charge in [0.15, 0.2) is 0 Å². The van der Waals surface area contributed by atoms with Gasteiger partial charge in [-0.2, -0.15) is 0 Å². The molecule has 1 N–H and O–H groups in total. The van der Waals surface area contributed by atoms with Crippen molar-refractivity contribution in [3.8, 4) is 0 Å². The fourth-order valence-corrected chi connectivity index (χ4v) is 2.86. The molecule has 0 radical (unpaired) electrons. The Morgan fingerprint density at radius 2 is 1.86 bits per heavy atom. The molecule has 1 nitrogen and oxygen atoms in total. The van der Waals surface area contributed by atoms with Crippen LogP contribution in [0.3, 0.4) is 0 Å². The molecule has 0 aliphatic rings. The minimum absolute atomic E-state index is 0.308. The predicted octanol–water partition coefficient (Wildman–Crippen LogP) is 5.54. The van der Waals surface area contributed by atoms with Gasteiger partial charge in [-0.05, 0) is 83.8 Å². The molecule has 0 aromatic heterocycles. The van der Waals surface area contributed by atoms with E-state index in [-0.39, 0.29) is 0 Å². The number of halogens is 2. The van der Waals surface area contributed by atoms with Gasteiger partial charge >= 0.3 is 0 Å². The fraction of sp³-hybridized carbons (Fsp3) is 0.333. The first-order chi connectivity index (χ1) is 10.1. The topological polar surface area (TPSA) is 12.0 Å². The third-order valence-electron chi connectivity index (χ3n) is 3.59. The fourth-order valence-electron chi connectivity index (χ4n) is 2.31. The van der Waals surface area contributed by atoms with Crippen LogP contribution in [0.4, 0.5) is 0 Å². The van der Waals surface area contributed by atoms with Crippen LogP contribution in [-0.2, 0) is 6.42 Å². The minimum Gasteiger partial charge on any atom is -0.310 e. The van der Waals surface area contributed by atoms with E-state index < -0.39 is 0 Å². The van der Waals surface area contributed by atoms with Crippen molar-refractivity contribution in [3.63, 3.8) is 0 Å². The van der Waals surface area contributed by atoms with Crippen molar-refractivity contribution in [1.29, 1.82) is 0 Å². The number of hydrogen-bond donors (Lipinski definition) is 1. The lowest BCUT2D eigenvalue weighted by molar-refractivity contribution is 0.529. The molecule has 2 aromatic rings. The summed E-state index contributed by atoms with van der Waals surface area (Å²) in [5, 5.41) is 4.48. The maximum absolute atomic E-state index is 6.29. The van der Waals surface area contributed by atoms with E-state index in [9.17, 15) is 0 Å². The Labute approximate surface area is 146 Å². The van der Waals surface area contributed by atoms with E-state index in [1.54, 1.807) is 0 Å². The Morgan fingerprint density at radius 3 is 2.48 bits per heavy atom. The molecule has 2 rings (SSSR count). The van der Waals surface area contributed by atoms with Crippen molar-refractivity contribution >= 4 is 34.2 Å². The summed E-state index contributed by atoms with van der Waals surface area (Å²) in [6.45, 7) is 5.25. The Kier molecular flexibility index (Phi) is 6.52. The van der Waals surface area contributed by atoms with Crippen LogP contribution in [0.1, 0.15) is 36.1 Å². The van der Waals surface area contributed by atoms with E-state index in [1.165, 1.54) is 14.7 Å². The molecule has 0 saturated carbocycles. The number of aryl methyl sites for hydroxylation is 1. The van der Waals surface area contributed by atoms with Crippen molar-refractivity contribution in [2.75, 3.05) is 6.54 Å². The van der Waals surface area contributed by atoms with Crippen molar-refractivity contribution in [2.24, 2.45) is 0 Å². The SMILES string of the molecule is CCCNC(Cc1ccc(I)cc1)c1ccc(C)c(Cl)c1. The van der Waals surface area contributed by atoms with Crippen LogP contribution in [-0.4, -0.2) is 6.54 Å². The lowest BCUT2D eigenvalue weighted by Gasteiger charge is -2.20. The normalized spacial score (nSPS) is 12.4.